The zero-order valence-electron chi connectivity index (χ0n) is 22.9. The van der Waals surface area contributed by atoms with Crippen LogP contribution in [0.15, 0.2) is 41.8 Å². The van der Waals surface area contributed by atoms with Crippen molar-refractivity contribution in [1.29, 1.82) is 5.26 Å². The first-order valence-electron chi connectivity index (χ1n) is 13.7. The van der Waals surface area contributed by atoms with Crippen molar-refractivity contribution in [3.05, 3.63) is 53.3 Å². The Hall–Kier alpha value is -3.39. The number of likely N-dealkylation sites (N-methyl/N-ethyl adjacent to an activating group) is 1. The molecule has 3 heterocycles. The molecule has 1 fully saturated rings. The number of anilines is 1. The van der Waals surface area contributed by atoms with E-state index in [1.807, 2.05) is 12.1 Å². The number of benzene rings is 2. The van der Waals surface area contributed by atoms with Gasteiger partial charge in [0.05, 0.1) is 23.6 Å². The summed E-state index contributed by atoms with van der Waals surface area (Å²) < 4.78 is 22.5. The maximum atomic E-state index is 16.5. The van der Waals surface area contributed by atoms with Gasteiger partial charge in [-0.1, -0.05) is 30.3 Å². The molecule has 2 N–H and O–H groups in total. The first-order chi connectivity index (χ1) is 19.9. The van der Waals surface area contributed by atoms with Crippen LogP contribution in [0.3, 0.4) is 0 Å². The van der Waals surface area contributed by atoms with E-state index < -0.39 is 17.8 Å². The predicted octanol–water partition coefficient (Wildman–Crippen LogP) is 5.60. The highest BCUT2D eigenvalue weighted by molar-refractivity contribution is 7.99. The summed E-state index contributed by atoms with van der Waals surface area (Å²) in [4.78, 5) is 24.3. The molecule has 2 aliphatic heterocycles. The fraction of sp³-hybridized carbons (Fsp3) is 0.400. The Morgan fingerprint density at radius 1 is 1.41 bits per heavy atom. The Morgan fingerprint density at radius 3 is 3.02 bits per heavy atom. The van der Waals surface area contributed by atoms with Gasteiger partial charge in [-0.15, -0.1) is 11.8 Å². The molecule has 0 saturated carbocycles. The van der Waals surface area contributed by atoms with E-state index >= 15 is 4.39 Å². The third kappa shape index (κ3) is 6.43. The summed E-state index contributed by atoms with van der Waals surface area (Å²) in [5.74, 6) is 0.396. The van der Waals surface area contributed by atoms with Crippen LogP contribution >= 0.6 is 23.4 Å². The van der Waals surface area contributed by atoms with E-state index in [0.29, 0.717) is 23.4 Å². The molecular weight excluding hydrogens is 563 g/mol. The molecule has 0 radical (unpaired) electrons. The number of carbonyl (C=O) groups is 1. The topological polar surface area (TPSA) is 103 Å². The molecular formula is C30H32ClFN6O2S. The second-order valence-corrected chi connectivity index (χ2v) is 11.8. The third-order valence-electron chi connectivity index (χ3n) is 7.56. The number of fused-ring (bicyclic) bond motifs is 2. The summed E-state index contributed by atoms with van der Waals surface area (Å²) in [6, 6.07) is 9.38. The maximum Gasteiger partial charge on any atom is 0.319 e. The fourth-order valence-electron chi connectivity index (χ4n) is 5.37. The minimum absolute atomic E-state index is 0.0464. The lowest BCUT2D eigenvalue weighted by Crippen LogP contribution is -2.38. The maximum absolute atomic E-state index is 16.5. The van der Waals surface area contributed by atoms with Crippen molar-refractivity contribution in [2.45, 2.75) is 49.1 Å². The van der Waals surface area contributed by atoms with Crippen molar-refractivity contribution in [3.8, 4) is 23.2 Å². The monoisotopic (exact) mass is 594 g/mol. The Morgan fingerprint density at radius 2 is 2.27 bits per heavy atom. The largest absolute Gasteiger partial charge is 0.462 e. The van der Waals surface area contributed by atoms with Crippen molar-refractivity contribution >= 4 is 46.0 Å². The quantitative estimate of drug-likeness (QED) is 0.293. The van der Waals surface area contributed by atoms with Crippen LogP contribution in [-0.4, -0.2) is 65.4 Å². The normalized spacial score (nSPS) is 17.5. The summed E-state index contributed by atoms with van der Waals surface area (Å²) in [6.07, 6.45) is 5.15. The summed E-state index contributed by atoms with van der Waals surface area (Å²) in [7, 11) is 2.05. The summed E-state index contributed by atoms with van der Waals surface area (Å²) >= 11 is 8.55. The molecule has 11 heteroatoms. The van der Waals surface area contributed by atoms with Gasteiger partial charge in [-0.25, -0.2) is 4.39 Å². The number of nitrogens with zero attached hydrogens (tertiary/aromatic N) is 4. The molecule has 2 aromatic carbocycles. The lowest BCUT2D eigenvalue weighted by molar-refractivity contribution is -0.117. The van der Waals surface area contributed by atoms with Crippen LogP contribution in [0.2, 0.25) is 5.02 Å². The number of likely N-dealkylation sites (tertiary alicyclic amines) is 1. The fourth-order valence-corrected chi connectivity index (χ4v) is 6.73. The number of hydrogen-bond donors (Lipinski definition) is 2. The number of nitrogens with one attached hydrogen (secondary N) is 2. The predicted molar refractivity (Wildman–Crippen MR) is 161 cm³/mol. The standard InChI is InChI=1S/C30H32ClFN6O2S/c1-3-25(39)35-18(11-12-33)16-34-29-22-15-23(31)26(21-8-4-10-24-20(21)9-6-14-41-24)27(32)28(22)36-30(37-29)40-17-19-7-5-13-38(19)2/h3-4,8,10,15,18-19H,1,5-7,9,11,13-14,16-17H2,2H3,(H,35,39)(H,34,36,37)/t18-,19-/m0/s1. The summed E-state index contributed by atoms with van der Waals surface area (Å²) in [5.41, 5.74) is 2.26. The van der Waals surface area contributed by atoms with Crippen molar-refractivity contribution in [1.82, 2.24) is 20.2 Å². The highest BCUT2D eigenvalue weighted by atomic mass is 35.5. The smallest absolute Gasteiger partial charge is 0.319 e. The molecule has 0 unspecified atom stereocenters. The number of hydrogen-bond acceptors (Lipinski definition) is 8. The van der Waals surface area contributed by atoms with Gasteiger partial charge in [0, 0.05) is 28.4 Å². The summed E-state index contributed by atoms with van der Waals surface area (Å²) in [6.45, 7) is 5.00. The molecule has 8 nitrogen and oxygen atoms in total. The van der Waals surface area contributed by atoms with Crippen molar-refractivity contribution < 1.29 is 13.9 Å². The number of amides is 1. The Bertz CT molecular complexity index is 1510. The molecule has 1 amide bonds. The van der Waals surface area contributed by atoms with E-state index in [9.17, 15) is 10.1 Å². The van der Waals surface area contributed by atoms with Gasteiger partial charge < -0.3 is 20.3 Å². The minimum atomic E-state index is -0.543. The average Bonchev–Trinajstić information content (AvgIpc) is 3.39. The molecule has 0 spiro atoms. The van der Waals surface area contributed by atoms with Crippen LogP contribution in [0.1, 0.15) is 31.2 Å². The molecule has 1 saturated heterocycles. The number of thioether (sulfide) groups is 1. The van der Waals surface area contributed by atoms with Gasteiger partial charge in [-0.05, 0) is 74.4 Å². The van der Waals surface area contributed by atoms with E-state index in [4.69, 9.17) is 16.3 Å². The van der Waals surface area contributed by atoms with Gasteiger partial charge >= 0.3 is 6.01 Å². The number of halogens is 2. The van der Waals surface area contributed by atoms with Gasteiger partial charge in [0.25, 0.3) is 0 Å². The lowest BCUT2D eigenvalue weighted by atomic mass is 9.95. The van der Waals surface area contributed by atoms with Crippen molar-refractivity contribution in [2.24, 2.45) is 0 Å². The molecule has 41 heavy (non-hydrogen) atoms. The first-order valence-corrected chi connectivity index (χ1v) is 15.1. The number of ether oxygens (including phenoxy) is 1. The SMILES string of the molecule is C=CC(=O)N[C@@H](CC#N)CNc1nc(OC[C@@H]2CCCN2C)nc2c(F)c(-c3cccc4c3CCCS4)c(Cl)cc12. The summed E-state index contributed by atoms with van der Waals surface area (Å²) in [5, 5.41) is 15.8. The van der Waals surface area contributed by atoms with Crippen molar-refractivity contribution in [2.75, 3.05) is 37.8 Å². The minimum Gasteiger partial charge on any atom is -0.462 e. The molecule has 5 rings (SSSR count). The molecule has 2 atom stereocenters. The highest BCUT2D eigenvalue weighted by Crippen LogP contribution is 2.43. The zero-order valence-corrected chi connectivity index (χ0v) is 24.5. The van der Waals surface area contributed by atoms with Crippen LogP contribution in [0, 0.1) is 17.1 Å². The number of rotatable bonds is 10. The van der Waals surface area contributed by atoms with Gasteiger partial charge in [-0.3, -0.25) is 4.79 Å². The Labute approximate surface area is 248 Å². The molecule has 2 aliphatic rings. The molecule has 1 aromatic heterocycles. The van der Waals surface area contributed by atoms with E-state index in [1.165, 1.54) is 0 Å². The highest BCUT2D eigenvalue weighted by Gasteiger charge is 2.25. The van der Waals surface area contributed by atoms with Crippen LogP contribution in [0.25, 0.3) is 22.0 Å². The van der Waals surface area contributed by atoms with Crippen LogP contribution in [-0.2, 0) is 11.2 Å². The van der Waals surface area contributed by atoms with Gasteiger partial charge in [0.15, 0.2) is 5.82 Å². The first kappa shape index (κ1) is 29.1. The van der Waals surface area contributed by atoms with E-state index in [-0.39, 0.29) is 35.6 Å². The molecule has 0 aliphatic carbocycles. The third-order valence-corrected chi connectivity index (χ3v) is 9.04. The van der Waals surface area contributed by atoms with Crippen LogP contribution < -0.4 is 15.4 Å². The Balaban J connectivity index is 1.56. The average molecular weight is 595 g/mol. The van der Waals surface area contributed by atoms with Crippen LogP contribution in [0.4, 0.5) is 10.2 Å². The lowest BCUT2D eigenvalue weighted by Gasteiger charge is -2.22. The molecule has 3 aromatic rings. The van der Waals surface area contributed by atoms with E-state index in [2.05, 4.69) is 51.3 Å². The number of nitriles is 1. The van der Waals surface area contributed by atoms with Gasteiger partial charge in [-0.2, -0.15) is 15.2 Å². The molecule has 214 valence electrons. The molecule has 0 bridgehead atoms. The second kappa shape index (κ2) is 13.1. The van der Waals surface area contributed by atoms with Gasteiger partial charge in [0.1, 0.15) is 17.9 Å². The number of carbonyl (C=O) groups excluding carboxylic acids is 1. The van der Waals surface area contributed by atoms with Gasteiger partial charge in [0.2, 0.25) is 5.91 Å². The van der Waals surface area contributed by atoms with E-state index in [1.54, 1.807) is 17.8 Å². The Kier molecular flexibility index (Phi) is 9.28. The second-order valence-electron chi connectivity index (χ2n) is 10.3. The van der Waals surface area contributed by atoms with E-state index in [0.717, 1.165) is 60.1 Å². The zero-order chi connectivity index (χ0) is 28.9. The van der Waals surface area contributed by atoms with Crippen molar-refractivity contribution in [3.63, 3.8) is 0 Å². The number of aromatic nitrogens is 2. The van der Waals surface area contributed by atoms with Crippen LogP contribution in [0.5, 0.6) is 6.01 Å².